The third-order valence-corrected chi connectivity index (χ3v) is 9.78. The number of anilines is 2. The fraction of sp³-hybridized carbons (Fsp3) is 0.500. The van der Waals surface area contributed by atoms with Crippen LogP contribution in [0.1, 0.15) is 12.5 Å². The van der Waals surface area contributed by atoms with Crippen LogP contribution in [-0.4, -0.2) is 98.8 Å². The number of aromatic nitrogens is 8. The lowest BCUT2D eigenvalue weighted by atomic mass is 10.1. The van der Waals surface area contributed by atoms with E-state index < -0.39 is 82.5 Å². The van der Waals surface area contributed by atoms with Crippen LogP contribution in [0.15, 0.2) is 23.8 Å². The Morgan fingerprint density at radius 1 is 0.911 bits per heavy atom. The van der Waals surface area contributed by atoms with Crippen LogP contribution >= 0.6 is 14.5 Å². The molecule has 242 valence electrons. The highest BCUT2D eigenvalue weighted by atomic mass is 32.5. The second-order valence-electron chi connectivity index (χ2n) is 10.0. The molecule has 4 aromatic rings. The lowest BCUT2D eigenvalue weighted by Crippen LogP contribution is -2.34. The average Bonchev–Trinajstić information content (AvgIpc) is 3.72. The Kier molecular flexibility index (Phi) is 7.49. The summed E-state index contributed by atoms with van der Waals surface area (Å²) in [5, 5.41) is 0. The van der Waals surface area contributed by atoms with Crippen molar-refractivity contribution in [3.8, 4) is 0 Å². The number of hydrogen-bond acceptors (Lipinski definition) is 16. The van der Waals surface area contributed by atoms with E-state index in [1.807, 2.05) is 0 Å². The zero-order valence-electron chi connectivity index (χ0n) is 22.3. The average molecular weight is 694 g/mol. The van der Waals surface area contributed by atoms with Gasteiger partial charge in [0.2, 0.25) is 5.95 Å². The van der Waals surface area contributed by atoms with E-state index in [0.29, 0.717) is 0 Å². The Morgan fingerprint density at radius 2 is 1.60 bits per heavy atom. The van der Waals surface area contributed by atoms with Crippen molar-refractivity contribution in [3.63, 3.8) is 0 Å². The van der Waals surface area contributed by atoms with Gasteiger partial charge in [-0.05, 0) is 11.8 Å². The van der Waals surface area contributed by atoms with E-state index in [-0.39, 0.29) is 34.1 Å². The maximum absolute atomic E-state index is 15.9. The summed E-state index contributed by atoms with van der Waals surface area (Å²) in [6.07, 6.45) is -10.7. The summed E-state index contributed by atoms with van der Waals surface area (Å²) >= 11 is 5.08. The standard InChI is InChI=1S/C20H22F2N10O10P2S/c21-8-6-1-38-44(36,45)42-12-7(40-18(9(12)22)31-4-27-10-14(23)25-3-26-15(10)31)2-37-43(34,35)41-13(8)19(39-6)32-5-28-11-16(32)29-20(24)30-17(11)33/h3-9,12-13,18-19H,1-2H2,(H,34,35)(H,36,45)(H2,23,25,26)(H3,24,29,30,33)/t6-,7-,8-,9+,12-,13-,18-,19-,44?/m1/s1. The van der Waals surface area contributed by atoms with Crippen molar-refractivity contribution < 1.29 is 50.7 Å². The third-order valence-electron chi connectivity index (χ3n) is 7.23. The van der Waals surface area contributed by atoms with Crippen LogP contribution in [0.3, 0.4) is 0 Å². The zero-order chi connectivity index (χ0) is 31.8. The largest absolute Gasteiger partial charge is 0.472 e. The number of aromatic amines is 1. The van der Waals surface area contributed by atoms with Gasteiger partial charge in [-0.25, -0.2) is 33.3 Å². The van der Waals surface area contributed by atoms with Gasteiger partial charge in [0.15, 0.2) is 47.4 Å². The van der Waals surface area contributed by atoms with Crippen molar-refractivity contribution in [3.05, 3.63) is 29.3 Å². The van der Waals surface area contributed by atoms with E-state index >= 15 is 8.78 Å². The Morgan fingerprint density at radius 3 is 2.38 bits per heavy atom. The summed E-state index contributed by atoms with van der Waals surface area (Å²) in [5.41, 5.74) is 10.6. The monoisotopic (exact) mass is 694 g/mol. The number of nitrogen functional groups attached to an aromatic ring is 2. The summed E-state index contributed by atoms with van der Waals surface area (Å²) in [7, 11) is -5.18. The van der Waals surface area contributed by atoms with Crippen molar-refractivity contribution in [2.45, 2.75) is 49.2 Å². The molecule has 0 spiro atoms. The van der Waals surface area contributed by atoms with Crippen molar-refractivity contribution in [1.82, 2.24) is 39.0 Å². The zero-order valence-corrected chi connectivity index (χ0v) is 24.9. The number of nitrogens with zero attached hydrogens (tertiary/aromatic N) is 7. The number of nitrogens with one attached hydrogen (secondary N) is 1. The van der Waals surface area contributed by atoms with Crippen LogP contribution in [0.4, 0.5) is 20.5 Å². The van der Waals surface area contributed by atoms with Crippen molar-refractivity contribution >= 4 is 60.4 Å². The molecular formula is C20H22F2N10O10P2S. The van der Waals surface area contributed by atoms with E-state index in [9.17, 15) is 19.1 Å². The smallest absolute Gasteiger partial charge is 0.382 e. The number of phosphoric ester groups is 1. The highest BCUT2D eigenvalue weighted by Gasteiger charge is 2.54. The molecule has 3 aliphatic rings. The molecule has 0 aromatic carbocycles. The lowest BCUT2D eigenvalue weighted by molar-refractivity contribution is -0.0642. The molecule has 0 radical (unpaired) electrons. The SMILES string of the molecule is Nc1nc2c(ncn2[C@@H]2O[C@@H]3COP(O)(=S)O[C@H]4[C@H](F)[C@H](n5cnc6c(N)ncnc65)O[C@@H]4COP(=O)(O)O[C@@H]2[C@@H]3F)c(=O)[nH]1. The highest BCUT2D eigenvalue weighted by Crippen LogP contribution is 2.54. The molecule has 2 bridgehead atoms. The van der Waals surface area contributed by atoms with Crippen molar-refractivity contribution in [2.24, 2.45) is 0 Å². The maximum Gasteiger partial charge on any atom is 0.472 e. The van der Waals surface area contributed by atoms with Crippen LogP contribution in [0.2, 0.25) is 0 Å². The Labute approximate surface area is 253 Å². The molecule has 0 saturated carbocycles. The molecule has 2 unspecified atom stereocenters. The van der Waals surface area contributed by atoms with Crippen LogP contribution < -0.4 is 17.0 Å². The van der Waals surface area contributed by atoms with E-state index in [2.05, 4.69) is 29.9 Å². The molecular weight excluding hydrogens is 672 g/mol. The number of halogens is 2. The van der Waals surface area contributed by atoms with E-state index in [4.69, 9.17) is 50.8 Å². The summed E-state index contributed by atoms with van der Waals surface area (Å²) in [5.74, 6) is -0.281. The number of alkyl halides is 2. The first-order valence-corrected chi connectivity index (χ1v) is 17.0. The predicted molar refractivity (Wildman–Crippen MR) is 148 cm³/mol. The van der Waals surface area contributed by atoms with Crippen molar-refractivity contribution in [2.75, 3.05) is 24.7 Å². The van der Waals surface area contributed by atoms with Gasteiger partial charge in [0, 0.05) is 0 Å². The number of hydrogen-bond donors (Lipinski definition) is 5. The highest BCUT2D eigenvalue weighted by molar-refractivity contribution is 8.07. The molecule has 7 N–H and O–H groups in total. The molecule has 3 aliphatic heterocycles. The van der Waals surface area contributed by atoms with Gasteiger partial charge < -0.3 is 35.3 Å². The Balaban J connectivity index is 1.21. The molecule has 25 heteroatoms. The Bertz CT molecular complexity index is 1950. The molecule has 10 atom stereocenters. The molecule has 4 aromatic heterocycles. The van der Waals surface area contributed by atoms with E-state index in [1.165, 1.54) is 10.9 Å². The fourth-order valence-electron chi connectivity index (χ4n) is 5.23. The minimum atomic E-state index is -5.18. The van der Waals surface area contributed by atoms with E-state index in [1.54, 1.807) is 0 Å². The van der Waals surface area contributed by atoms with Crippen LogP contribution in [0.25, 0.3) is 22.3 Å². The van der Waals surface area contributed by atoms with Gasteiger partial charge in [-0.2, -0.15) is 4.98 Å². The Hall–Kier alpha value is -3.08. The summed E-state index contributed by atoms with van der Waals surface area (Å²) in [6, 6.07) is 0. The number of ether oxygens (including phenoxy) is 2. The molecule has 0 amide bonds. The number of nitrogens with two attached hydrogens (primary N) is 2. The molecule has 7 heterocycles. The topological polar surface area (TPSA) is 272 Å². The maximum atomic E-state index is 15.9. The number of rotatable bonds is 2. The molecule has 7 rings (SSSR count). The molecule has 3 fully saturated rings. The normalized spacial score (nSPS) is 37.7. The number of phosphoric acid groups is 1. The van der Waals surface area contributed by atoms with Gasteiger partial charge in [-0.3, -0.25) is 32.5 Å². The first kappa shape index (κ1) is 30.6. The van der Waals surface area contributed by atoms with Crippen LogP contribution in [-0.2, 0) is 43.9 Å². The van der Waals surface area contributed by atoms with E-state index in [0.717, 1.165) is 17.2 Å². The van der Waals surface area contributed by atoms with Gasteiger partial charge in [-0.15, -0.1) is 0 Å². The summed E-state index contributed by atoms with van der Waals surface area (Å²) in [4.78, 5) is 55.9. The molecule has 45 heavy (non-hydrogen) atoms. The van der Waals surface area contributed by atoms with Gasteiger partial charge in [0.25, 0.3) is 5.56 Å². The fourth-order valence-corrected chi connectivity index (χ4v) is 7.59. The summed E-state index contributed by atoms with van der Waals surface area (Å²) < 4.78 is 79.7. The van der Waals surface area contributed by atoms with Gasteiger partial charge >= 0.3 is 14.5 Å². The molecule has 3 saturated heterocycles. The minimum Gasteiger partial charge on any atom is -0.382 e. The van der Waals surface area contributed by atoms with Gasteiger partial charge in [0.05, 0.1) is 25.9 Å². The second kappa shape index (κ2) is 11.0. The number of H-pyrrole nitrogens is 1. The predicted octanol–water partition coefficient (Wildman–Crippen LogP) is -0.271. The first-order valence-electron chi connectivity index (χ1n) is 12.9. The second-order valence-corrected chi connectivity index (χ2v) is 14.2. The van der Waals surface area contributed by atoms with Crippen LogP contribution in [0.5, 0.6) is 0 Å². The number of imidazole rings is 2. The first-order chi connectivity index (χ1) is 21.3. The quantitative estimate of drug-likeness (QED) is 0.169. The lowest BCUT2D eigenvalue weighted by Gasteiger charge is -2.26. The van der Waals surface area contributed by atoms with Crippen LogP contribution in [0, 0.1) is 0 Å². The van der Waals surface area contributed by atoms with Crippen molar-refractivity contribution in [1.29, 1.82) is 0 Å². The summed E-state index contributed by atoms with van der Waals surface area (Å²) in [6.45, 7) is -6.01. The molecule has 0 aliphatic carbocycles. The number of fused-ring (bicyclic) bond motifs is 5. The van der Waals surface area contributed by atoms with Gasteiger partial charge in [0.1, 0.15) is 36.3 Å². The molecule has 20 nitrogen and oxygen atoms in total. The minimum absolute atomic E-state index is 0.0167. The third kappa shape index (κ3) is 5.42. The van der Waals surface area contributed by atoms with Gasteiger partial charge in [-0.1, -0.05) is 0 Å².